The van der Waals surface area contributed by atoms with Crippen molar-refractivity contribution in [2.45, 2.75) is 148 Å². The maximum atomic E-state index is 14.1. The Morgan fingerprint density at radius 2 is 1.41 bits per heavy atom. The summed E-state index contributed by atoms with van der Waals surface area (Å²) >= 11 is 0. The van der Waals surface area contributed by atoms with Crippen LogP contribution in [0, 0.1) is 23.7 Å². The van der Waals surface area contributed by atoms with Gasteiger partial charge in [-0.15, -0.1) is 0 Å². The van der Waals surface area contributed by atoms with Crippen LogP contribution in [0.5, 0.6) is 0 Å². The van der Waals surface area contributed by atoms with E-state index < -0.39 is 72.3 Å². The van der Waals surface area contributed by atoms with Crippen molar-refractivity contribution in [1.29, 1.82) is 0 Å². The molecule has 3 fully saturated rings. The molecule has 0 bridgehead atoms. The summed E-state index contributed by atoms with van der Waals surface area (Å²) < 4.78 is 5.86. The lowest BCUT2D eigenvalue weighted by molar-refractivity contribution is -0.157. The molecule has 278 valence electrons. The number of likely N-dealkylation sites (N-methyl/N-ethyl adjacent to an activating group) is 1. The minimum atomic E-state index is -1.15. The number of amides is 5. The number of nitrogens with two attached hydrogens (primary N) is 1. The Balaban J connectivity index is 2.00. The van der Waals surface area contributed by atoms with Crippen LogP contribution in [0.1, 0.15) is 118 Å². The molecule has 0 aromatic carbocycles. The number of nitrogens with one attached hydrogen (secondary N) is 4. The number of nitrogens with zero attached hydrogens (tertiary/aromatic N) is 1. The molecule has 6 atom stereocenters. The first-order valence-electron chi connectivity index (χ1n) is 18.7. The van der Waals surface area contributed by atoms with Gasteiger partial charge in [-0.05, 0) is 62.7 Å². The number of hydrogen-bond acceptors (Lipinski definition) is 8. The molecule has 2 aliphatic carbocycles. The molecule has 0 aromatic heterocycles. The van der Waals surface area contributed by atoms with Crippen LogP contribution < -0.4 is 27.0 Å². The van der Waals surface area contributed by atoms with Crippen molar-refractivity contribution in [3.05, 3.63) is 0 Å². The second-order valence-electron chi connectivity index (χ2n) is 14.8. The second kappa shape index (κ2) is 19.8. The molecule has 6 N–H and O–H groups in total. The summed E-state index contributed by atoms with van der Waals surface area (Å²) in [5.41, 5.74) is 5.98. The highest BCUT2D eigenvalue weighted by Crippen LogP contribution is 2.30. The molecule has 1 heterocycles. The van der Waals surface area contributed by atoms with Gasteiger partial charge >= 0.3 is 5.97 Å². The number of hydrogen-bond donors (Lipinski definition) is 5. The lowest BCUT2D eigenvalue weighted by Gasteiger charge is -2.36. The number of ether oxygens (including phenoxy) is 1. The van der Waals surface area contributed by atoms with Gasteiger partial charge < -0.3 is 36.6 Å². The Kier molecular flexibility index (Phi) is 16.3. The maximum absolute atomic E-state index is 14.1. The lowest BCUT2D eigenvalue weighted by atomic mass is 9.79. The average molecular weight is 691 g/mol. The lowest BCUT2D eigenvalue weighted by Crippen LogP contribution is -2.62. The number of carbonyl (C=O) groups excluding carboxylic acids is 6. The van der Waals surface area contributed by atoms with Crippen LogP contribution in [-0.2, 0) is 33.5 Å². The van der Waals surface area contributed by atoms with Crippen molar-refractivity contribution < 1.29 is 33.5 Å². The van der Waals surface area contributed by atoms with Crippen LogP contribution >= 0.6 is 0 Å². The minimum Gasteiger partial charge on any atom is -0.460 e. The van der Waals surface area contributed by atoms with Gasteiger partial charge in [0.25, 0.3) is 0 Å². The summed E-state index contributed by atoms with van der Waals surface area (Å²) in [7, 11) is 1.58. The van der Waals surface area contributed by atoms with E-state index in [-0.39, 0.29) is 30.2 Å². The minimum absolute atomic E-state index is 0.0464. The first-order chi connectivity index (χ1) is 23.4. The molecule has 3 aliphatic rings. The highest BCUT2D eigenvalue weighted by Gasteiger charge is 2.40. The van der Waals surface area contributed by atoms with Gasteiger partial charge in [0, 0.05) is 13.6 Å². The highest BCUT2D eigenvalue weighted by molar-refractivity contribution is 5.96. The molecule has 1 aliphatic heterocycles. The Hall–Kier alpha value is -3.22. The normalized spacial score (nSPS) is 29.5. The third kappa shape index (κ3) is 11.7. The van der Waals surface area contributed by atoms with Gasteiger partial charge in [-0.2, -0.15) is 0 Å². The summed E-state index contributed by atoms with van der Waals surface area (Å²) in [4.78, 5) is 83.5. The van der Waals surface area contributed by atoms with E-state index in [1.165, 1.54) is 4.90 Å². The number of rotatable bonds is 10. The zero-order chi connectivity index (χ0) is 36.1. The standard InChI is InChI=1S/C36H62N6O7/c1-6-7-8-12-18-28-23(4)36(48)42(5)27(19-22(2)3)33(45)41-31(24-14-10-9-11-15-24)35(47)39-26(20-37)32(44)40-30(25-16-13-17-25)34(46)38-21-29(43)49-28/h22-28,30-31H,6-21,37H2,1-5H3,(H,38,46)(H,39,47)(H,40,44)(H,41,45)/t23-,26+,27+,28-,30+,31+/m1/s1. The van der Waals surface area contributed by atoms with Gasteiger partial charge in [0.05, 0.1) is 5.92 Å². The van der Waals surface area contributed by atoms with E-state index in [4.69, 9.17) is 10.5 Å². The van der Waals surface area contributed by atoms with E-state index in [1.807, 2.05) is 13.8 Å². The summed E-state index contributed by atoms with van der Waals surface area (Å²) in [5.74, 6) is -4.16. The molecule has 0 unspecified atom stereocenters. The van der Waals surface area contributed by atoms with E-state index in [0.717, 1.165) is 77.0 Å². The van der Waals surface area contributed by atoms with Crippen LogP contribution in [0.2, 0.25) is 0 Å². The van der Waals surface area contributed by atoms with Gasteiger partial charge in [-0.3, -0.25) is 28.8 Å². The molecule has 5 amide bonds. The van der Waals surface area contributed by atoms with Gasteiger partial charge in [0.15, 0.2) is 0 Å². The quantitative estimate of drug-likeness (QED) is 0.171. The van der Waals surface area contributed by atoms with Crippen LogP contribution in [-0.4, -0.2) is 90.8 Å². The Bertz CT molecular complexity index is 1140. The fourth-order valence-electron chi connectivity index (χ4n) is 7.22. The molecule has 0 aromatic rings. The topological polar surface area (TPSA) is 189 Å². The molecule has 1 saturated heterocycles. The molecular weight excluding hydrogens is 628 g/mol. The molecule has 0 radical (unpaired) electrons. The van der Waals surface area contributed by atoms with Crippen molar-refractivity contribution in [1.82, 2.24) is 26.2 Å². The van der Waals surface area contributed by atoms with E-state index in [2.05, 4.69) is 28.2 Å². The molecule has 2 saturated carbocycles. The van der Waals surface area contributed by atoms with E-state index in [9.17, 15) is 28.8 Å². The van der Waals surface area contributed by atoms with E-state index in [0.29, 0.717) is 12.8 Å². The van der Waals surface area contributed by atoms with Crippen molar-refractivity contribution in [3.63, 3.8) is 0 Å². The third-order valence-corrected chi connectivity index (χ3v) is 10.6. The van der Waals surface area contributed by atoms with Gasteiger partial charge in [-0.25, -0.2) is 0 Å². The number of unbranched alkanes of at least 4 members (excludes halogenated alkanes) is 3. The fourth-order valence-corrected chi connectivity index (χ4v) is 7.22. The van der Waals surface area contributed by atoms with E-state index in [1.54, 1.807) is 14.0 Å². The van der Waals surface area contributed by atoms with Gasteiger partial charge in [-0.1, -0.05) is 72.6 Å². The molecule has 0 spiro atoms. The largest absolute Gasteiger partial charge is 0.460 e. The van der Waals surface area contributed by atoms with Crippen LogP contribution in [0.4, 0.5) is 0 Å². The first kappa shape index (κ1) is 40.2. The maximum Gasteiger partial charge on any atom is 0.325 e. The average Bonchev–Trinajstić information content (AvgIpc) is 3.06. The van der Waals surface area contributed by atoms with Crippen molar-refractivity contribution >= 4 is 35.5 Å². The van der Waals surface area contributed by atoms with Crippen LogP contribution in [0.15, 0.2) is 0 Å². The predicted octanol–water partition coefficient (Wildman–Crippen LogP) is 2.30. The zero-order valence-corrected chi connectivity index (χ0v) is 30.4. The SMILES string of the molecule is CCCCCC[C@H]1OC(=O)CNC(=O)[C@H](C2CCC2)NC(=O)[C@H](CN)NC(=O)[C@H](C2CCCCC2)NC(=O)[C@H](CC(C)C)N(C)C(=O)[C@@H]1C. The summed E-state index contributed by atoms with van der Waals surface area (Å²) in [6.45, 7) is 7.07. The van der Waals surface area contributed by atoms with Crippen LogP contribution in [0.3, 0.4) is 0 Å². The van der Waals surface area contributed by atoms with Crippen molar-refractivity contribution in [2.24, 2.45) is 29.4 Å². The van der Waals surface area contributed by atoms with E-state index >= 15 is 0 Å². The van der Waals surface area contributed by atoms with Crippen molar-refractivity contribution in [3.8, 4) is 0 Å². The zero-order valence-electron chi connectivity index (χ0n) is 30.4. The highest BCUT2D eigenvalue weighted by atomic mass is 16.5. The molecule has 13 heteroatoms. The fraction of sp³-hybridized carbons (Fsp3) is 0.833. The Morgan fingerprint density at radius 1 is 0.796 bits per heavy atom. The van der Waals surface area contributed by atoms with Crippen molar-refractivity contribution in [2.75, 3.05) is 20.1 Å². The summed E-state index contributed by atoms with van der Waals surface area (Å²) in [6, 6.07) is -3.90. The molecule has 49 heavy (non-hydrogen) atoms. The Labute approximate surface area is 292 Å². The smallest absolute Gasteiger partial charge is 0.325 e. The molecule has 3 rings (SSSR count). The summed E-state index contributed by atoms with van der Waals surface area (Å²) in [6.07, 6.45) is 10.4. The third-order valence-electron chi connectivity index (χ3n) is 10.6. The van der Waals surface area contributed by atoms with Crippen LogP contribution in [0.25, 0.3) is 0 Å². The first-order valence-corrected chi connectivity index (χ1v) is 18.7. The second-order valence-corrected chi connectivity index (χ2v) is 14.8. The number of carbonyl (C=O) groups is 6. The number of esters is 1. The monoisotopic (exact) mass is 690 g/mol. The van der Waals surface area contributed by atoms with Gasteiger partial charge in [0.2, 0.25) is 29.5 Å². The molecular formula is C36H62N6O7. The number of cyclic esters (lactones) is 1. The molecule has 13 nitrogen and oxygen atoms in total. The predicted molar refractivity (Wildman–Crippen MR) is 186 cm³/mol. The summed E-state index contributed by atoms with van der Waals surface area (Å²) in [5, 5.41) is 11.1. The Morgan fingerprint density at radius 3 is 1.98 bits per heavy atom. The van der Waals surface area contributed by atoms with Gasteiger partial charge in [0.1, 0.15) is 36.8 Å².